The number of aliphatic hydroxyl groups is 1. The fourth-order valence-electron chi connectivity index (χ4n) is 3.87. The maximum Gasteiger partial charge on any atom is 0.262 e. The minimum absolute atomic E-state index is 0.0500. The molecule has 6 heteroatoms. The second-order valence-corrected chi connectivity index (χ2v) is 8.83. The van der Waals surface area contributed by atoms with Crippen LogP contribution in [0.1, 0.15) is 48.6 Å². The lowest BCUT2D eigenvalue weighted by molar-refractivity contribution is 0.0909. The first-order chi connectivity index (χ1) is 13.5. The van der Waals surface area contributed by atoms with Crippen LogP contribution in [0.5, 0.6) is 5.75 Å². The first kappa shape index (κ1) is 19.2. The lowest BCUT2D eigenvalue weighted by Crippen LogP contribution is -2.30. The average molecular weight is 399 g/mol. The van der Waals surface area contributed by atoms with Crippen LogP contribution in [0.15, 0.2) is 35.4 Å². The molecule has 0 aliphatic heterocycles. The van der Waals surface area contributed by atoms with Gasteiger partial charge < -0.3 is 9.84 Å². The highest BCUT2D eigenvalue weighted by molar-refractivity contribution is 7.18. The summed E-state index contributed by atoms with van der Waals surface area (Å²) in [5.41, 5.74) is 2.24. The second kappa shape index (κ2) is 8.05. The summed E-state index contributed by atoms with van der Waals surface area (Å²) >= 11 is 1.64. The third kappa shape index (κ3) is 3.71. The third-order valence-electron chi connectivity index (χ3n) is 5.32. The standard InChI is InChI=1S/C22H26N2O3S/c1-14(2)16-7-3-5-9-18(16)27-12-15(25)11-24-13-23-21-20(22(24)26)17-8-4-6-10-19(17)28-21/h3,5,7,9,13-15,25H,4,6,8,10-12H2,1-2H3/t15-/m1/s1. The maximum atomic E-state index is 13.0. The van der Waals surface area contributed by atoms with Crippen LogP contribution in [0.4, 0.5) is 0 Å². The number of aromatic nitrogens is 2. The van der Waals surface area contributed by atoms with Crippen molar-refractivity contribution < 1.29 is 9.84 Å². The third-order valence-corrected chi connectivity index (χ3v) is 6.52. The summed E-state index contributed by atoms with van der Waals surface area (Å²) < 4.78 is 7.37. The largest absolute Gasteiger partial charge is 0.491 e. The Kier molecular flexibility index (Phi) is 5.51. The number of benzene rings is 1. The Morgan fingerprint density at radius 2 is 2.04 bits per heavy atom. The summed E-state index contributed by atoms with van der Waals surface area (Å²) in [6.45, 7) is 4.54. The summed E-state index contributed by atoms with van der Waals surface area (Å²) in [6, 6.07) is 7.87. The molecule has 1 aromatic carbocycles. The van der Waals surface area contributed by atoms with Gasteiger partial charge in [0.2, 0.25) is 0 Å². The van der Waals surface area contributed by atoms with Crippen molar-refractivity contribution in [1.82, 2.24) is 9.55 Å². The molecule has 0 spiro atoms. The van der Waals surface area contributed by atoms with Crippen molar-refractivity contribution in [3.8, 4) is 5.75 Å². The van der Waals surface area contributed by atoms with Crippen LogP contribution < -0.4 is 10.3 Å². The Hall–Kier alpha value is -2.18. The lowest BCUT2D eigenvalue weighted by Gasteiger charge is -2.17. The number of nitrogens with zero attached hydrogens (tertiary/aromatic N) is 2. The van der Waals surface area contributed by atoms with Gasteiger partial charge in [-0.2, -0.15) is 0 Å². The van der Waals surface area contributed by atoms with E-state index in [4.69, 9.17) is 4.74 Å². The number of hydrogen-bond acceptors (Lipinski definition) is 5. The Morgan fingerprint density at radius 1 is 1.25 bits per heavy atom. The molecule has 0 amide bonds. The van der Waals surface area contributed by atoms with Gasteiger partial charge in [-0.15, -0.1) is 11.3 Å². The van der Waals surface area contributed by atoms with Crippen molar-refractivity contribution in [2.75, 3.05) is 6.61 Å². The molecule has 2 heterocycles. The minimum atomic E-state index is -0.786. The van der Waals surface area contributed by atoms with E-state index in [9.17, 15) is 9.90 Å². The molecule has 28 heavy (non-hydrogen) atoms. The van der Waals surface area contributed by atoms with Gasteiger partial charge in [-0.05, 0) is 48.8 Å². The van der Waals surface area contributed by atoms with Crippen LogP contribution in [-0.4, -0.2) is 27.4 Å². The molecule has 4 rings (SSSR count). The lowest BCUT2D eigenvalue weighted by atomic mass is 9.97. The monoisotopic (exact) mass is 398 g/mol. The van der Waals surface area contributed by atoms with Crippen molar-refractivity contribution in [3.63, 3.8) is 0 Å². The van der Waals surface area contributed by atoms with E-state index < -0.39 is 6.10 Å². The Bertz CT molecular complexity index is 1040. The fourth-order valence-corrected chi connectivity index (χ4v) is 5.09. The molecule has 1 N–H and O–H groups in total. The predicted octanol–water partition coefficient (Wildman–Crippen LogP) is 3.90. The molecule has 148 valence electrons. The highest BCUT2D eigenvalue weighted by Crippen LogP contribution is 2.33. The number of aryl methyl sites for hydroxylation is 2. The predicted molar refractivity (Wildman–Crippen MR) is 113 cm³/mol. The quantitative estimate of drug-likeness (QED) is 0.684. The molecule has 1 aliphatic rings. The summed E-state index contributed by atoms with van der Waals surface area (Å²) in [5, 5.41) is 11.2. The smallest absolute Gasteiger partial charge is 0.262 e. The van der Waals surface area contributed by atoms with Crippen LogP contribution >= 0.6 is 11.3 Å². The SMILES string of the molecule is CC(C)c1ccccc1OC[C@H](O)Cn1cnc2sc3c(c2c1=O)CCCC3. The summed E-state index contributed by atoms with van der Waals surface area (Å²) in [6.07, 6.45) is 5.07. The average Bonchev–Trinajstić information content (AvgIpc) is 3.08. The number of hydrogen-bond donors (Lipinski definition) is 1. The van der Waals surface area contributed by atoms with Crippen molar-refractivity contribution in [2.24, 2.45) is 0 Å². The first-order valence-electron chi connectivity index (χ1n) is 9.94. The highest BCUT2D eigenvalue weighted by Gasteiger charge is 2.20. The van der Waals surface area contributed by atoms with E-state index in [2.05, 4.69) is 18.8 Å². The number of aliphatic hydroxyl groups excluding tert-OH is 1. The van der Waals surface area contributed by atoms with Crippen LogP contribution in [0, 0.1) is 0 Å². The maximum absolute atomic E-state index is 13.0. The zero-order chi connectivity index (χ0) is 19.7. The normalized spacial score (nSPS) is 15.0. The van der Waals surface area contributed by atoms with E-state index in [1.54, 1.807) is 17.7 Å². The number of ether oxygens (including phenoxy) is 1. The van der Waals surface area contributed by atoms with Crippen molar-refractivity contribution >= 4 is 21.6 Å². The number of rotatable bonds is 6. The molecule has 1 atom stereocenters. The van der Waals surface area contributed by atoms with E-state index in [1.165, 1.54) is 21.4 Å². The number of para-hydroxylation sites is 1. The van der Waals surface area contributed by atoms with Gasteiger partial charge in [-0.25, -0.2) is 4.98 Å². The van der Waals surface area contributed by atoms with Gasteiger partial charge in [0.15, 0.2) is 0 Å². The zero-order valence-corrected chi connectivity index (χ0v) is 17.2. The Labute approximate surface area is 168 Å². The molecular formula is C22H26N2O3S. The van der Waals surface area contributed by atoms with Gasteiger partial charge in [-0.1, -0.05) is 32.0 Å². The number of fused-ring (bicyclic) bond motifs is 3. The van der Waals surface area contributed by atoms with E-state index in [-0.39, 0.29) is 18.7 Å². The molecule has 0 fully saturated rings. The van der Waals surface area contributed by atoms with E-state index in [0.29, 0.717) is 5.92 Å². The molecule has 5 nitrogen and oxygen atoms in total. The van der Waals surface area contributed by atoms with E-state index >= 15 is 0 Å². The molecule has 0 bridgehead atoms. The van der Waals surface area contributed by atoms with E-state index in [0.717, 1.165) is 40.8 Å². The van der Waals surface area contributed by atoms with Crippen molar-refractivity contribution in [1.29, 1.82) is 0 Å². The van der Waals surface area contributed by atoms with Gasteiger partial charge >= 0.3 is 0 Å². The topological polar surface area (TPSA) is 64.3 Å². The first-order valence-corrected chi connectivity index (χ1v) is 10.8. The van der Waals surface area contributed by atoms with Crippen molar-refractivity contribution in [3.05, 3.63) is 57.0 Å². The van der Waals surface area contributed by atoms with Gasteiger partial charge in [-0.3, -0.25) is 9.36 Å². The van der Waals surface area contributed by atoms with Crippen LogP contribution in [0.2, 0.25) is 0 Å². The van der Waals surface area contributed by atoms with Crippen LogP contribution in [0.3, 0.4) is 0 Å². The Morgan fingerprint density at radius 3 is 2.86 bits per heavy atom. The Balaban J connectivity index is 1.51. The molecule has 0 saturated carbocycles. The van der Waals surface area contributed by atoms with Gasteiger partial charge in [0.1, 0.15) is 23.3 Å². The molecule has 1 aliphatic carbocycles. The molecule has 0 radical (unpaired) electrons. The van der Waals surface area contributed by atoms with Crippen molar-refractivity contribution in [2.45, 2.75) is 58.1 Å². The van der Waals surface area contributed by atoms with Gasteiger partial charge in [0.05, 0.1) is 18.3 Å². The van der Waals surface area contributed by atoms with Crippen LogP contribution in [-0.2, 0) is 19.4 Å². The summed E-state index contributed by atoms with van der Waals surface area (Å²) in [7, 11) is 0. The fraction of sp³-hybridized carbons (Fsp3) is 0.455. The molecule has 2 aromatic heterocycles. The molecular weight excluding hydrogens is 372 g/mol. The van der Waals surface area contributed by atoms with Gasteiger partial charge in [0.25, 0.3) is 5.56 Å². The summed E-state index contributed by atoms with van der Waals surface area (Å²) in [4.78, 5) is 19.6. The minimum Gasteiger partial charge on any atom is -0.491 e. The zero-order valence-electron chi connectivity index (χ0n) is 16.4. The van der Waals surface area contributed by atoms with Crippen LogP contribution in [0.25, 0.3) is 10.2 Å². The highest BCUT2D eigenvalue weighted by atomic mass is 32.1. The molecule has 0 unspecified atom stereocenters. The summed E-state index contributed by atoms with van der Waals surface area (Å²) in [5.74, 6) is 1.12. The molecule has 0 saturated heterocycles. The molecule has 3 aromatic rings. The number of thiophene rings is 1. The van der Waals surface area contributed by atoms with E-state index in [1.807, 2.05) is 24.3 Å². The second-order valence-electron chi connectivity index (χ2n) is 7.75. The van der Waals surface area contributed by atoms with Gasteiger partial charge in [0, 0.05) is 4.88 Å².